The van der Waals surface area contributed by atoms with Crippen molar-refractivity contribution in [1.29, 1.82) is 0 Å². The third-order valence-corrected chi connectivity index (χ3v) is 9.65. The van der Waals surface area contributed by atoms with Gasteiger partial charge in [0.25, 0.3) is 0 Å². The first kappa shape index (κ1) is 22.5. The van der Waals surface area contributed by atoms with E-state index in [0.717, 1.165) is 52.0 Å². The lowest BCUT2D eigenvalue weighted by atomic mass is 10.5. The number of thioether (sulfide) groups is 6. The van der Waals surface area contributed by atoms with Crippen LogP contribution in [0.25, 0.3) is 32.4 Å². The van der Waals surface area contributed by atoms with Crippen LogP contribution in [-0.2, 0) is 0 Å². The van der Waals surface area contributed by atoms with Crippen LogP contribution in [0.15, 0.2) is 19.6 Å². The van der Waals surface area contributed by atoms with Crippen molar-refractivity contribution in [2.75, 3.05) is 37.5 Å². The Hall–Kier alpha value is -0.660. The highest BCUT2D eigenvalue weighted by Gasteiger charge is 2.24. The predicted molar refractivity (Wildman–Crippen MR) is 140 cm³/mol. The molecule has 3 aromatic rings. The van der Waals surface area contributed by atoms with Crippen LogP contribution in [0.1, 0.15) is 11.6 Å². The molecule has 12 heteroatoms. The van der Waals surface area contributed by atoms with Gasteiger partial charge in [0.05, 0.1) is 29.4 Å². The highest BCUT2D eigenvalue weighted by Crippen LogP contribution is 2.42. The molecule has 0 saturated carbocycles. The normalized spacial score (nSPS) is 13.0. The van der Waals surface area contributed by atoms with E-state index in [0.29, 0.717) is 11.6 Å². The van der Waals surface area contributed by atoms with Gasteiger partial charge in [-0.15, -0.1) is 70.6 Å². The third-order valence-electron chi connectivity index (χ3n) is 4.45. The molecule has 0 aliphatic carbocycles. The number of aromatic nitrogens is 6. The van der Waals surface area contributed by atoms with Gasteiger partial charge in [-0.25, -0.2) is 19.9 Å². The zero-order chi connectivity index (χ0) is 21.4. The van der Waals surface area contributed by atoms with Crippen LogP contribution in [0.3, 0.4) is 0 Å². The average molecular weight is 513 g/mol. The molecule has 4 rings (SSSR count). The summed E-state index contributed by atoms with van der Waals surface area (Å²) in [4.78, 5) is 33.0. The van der Waals surface area contributed by atoms with Gasteiger partial charge in [-0.2, -0.15) is 0 Å². The van der Waals surface area contributed by atoms with Gasteiger partial charge in [-0.05, 0) is 37.5 Å². The molecule has 3 aromatic heterocycles. The van der Waals surface area contributed by atoms with Crippen molar-refractivity contribution in [3.63, 3.8) is 0 Å². The average Bonchev–Trinajstić information content (AvgIpc) is 3.37. The highest BCUT2D eigenvalue weighted by molar-refractivity contribution is 8.13. The Kier molecular flexibility index (Phi) is 7.10. The first-order valence-electron chi connectivity index (χ1n) is 8.71. The molecule has 2 N–H and O–H groups in total. The molecule has 4 heterocycles. The Morgan fingerprint density at radius 1 is 0.433 bits per heavy atom. The van der Waals surface area contributed by atoms with Crippen molar-refractivity contribution in [2.24, 2.45) is 0 Å². The van der Waals surface area contributed by atoms with Gasteiger partial charge in [0.15, 0.2) is 11.6 Å². The SMILES string of the molecule is CSC1=C(SC)c2nc1nc1[nH]c(nc3[nH]c(n2)c(SC)c3SC)c(SC)c1SC. The number of hydrogen-bond acceptors (Lipinski definition) is 10. The molecule has 0 unspecified atom stereocenters. The molecule has 0 radical (unpaired) electrons. The maximum atomic E-state index is 4.97. The first-order chi connectivity index (χ1) is 14.6. The van der Waals surface area contributed by atoms with Gasteiger partial charge in [0, 0.05) is 0 Å². The van der Waals surface area contributed by atoms with Gasteiger partial charge >= 0.3 is 0 Å². The molecule has 0 atom stereocenters. The van der Waals surface area contributed by atoms with E-state index in [-0.39, 0.29) is 0 Å². The minimum absolute atomic E-state index is 0.699. The third kappa shape index (κ3) is 3.73. The van der Waals surface area contributed by atoms with E-state index >= 15 is 0 Å². The second-order valence-corrected chi connectivity index (χ2v) is 10.8. The quantitative estimate of drug-likeness (QED) is 0.378. The molecule has 0 amide bonds. The summed E-state index contributed by atoms with van der Waals surface area (Å²) in [6, 6.07) is 0. The first-order valence-corrected chi connectivity index (χ1v) is 16.1. The zero-order valence-electron chi connectivity index (χ0n) is 17.2. The molecular weight excluding hydrogens is 493 g/mol. The van der Waals surface area contributed by atoms with Crippen LogP contribution in [0.4, 0.5) is 0 Å². The van der Waals surface area contributed by atoms with E-state index in [1.807, 2.05) is 0 Å². The lowest BCUT2D eigenvalue weighted by Gasteiger charge is -2.00. The number of rotatable bonds is 6. The Balaban J connectivity index is 2.26. The van der Waals surface area contributed by atoms with Crippen LogP contribution in [0.5, 0.6) is 0 Å². The number of hydrogen-bond donors (Lipinski definition) is 2. The summed E-state index contributed by atoms with van der Waals surface area (Å²) in [5, 5.41) is 0. The van der Waals surface area contributed by atoms with Crippen molar-refractivity contribution in [2.45, 2.75) is 19.6 Å². The molecule has 30 heavy (non-hydrogen) atoms. The van der Waals surface area contributed by atoms with Crippen molar-refractivity contribution >= 4 is 103 Å². The summed E-state index contributed by atoms with van der Waals surface area (Å²) >= 11 is 10.0. The molecule has 0 spiro atoms. The van der Waals surface area contributed by atoms with Crippen LogP contribution in [0.2, 0.25) is 0 Å². The minimum atomic E-state index is 0.699. The predicted octanol–water partition coefficient (Wildman–Crippen LogP) is 6.11. The van der Waals surface area contributed by atoms with Gasteiger partial charge in [0.2, 0.25) is 0 Å². The van der Waals surface area contributed by atoms with Crippen molar-refractivity contribution in [3.05, 3.63) is 11.6 Å². The van der Waals surface area contributed by atoms with Gasteiger partial charge in [-0.3, -0.25) is 0 Å². The fraction of sp³-hybridized carbons (Fsp3) is 0.333. The van der Waals surface area contributed by atoms with E-state index in [1.54, 1.807) is 70.6 Å². The van der Waals surface area contributed by atoms with E-state index in [2.05, 4.69) is 47.5 Å². The molecule has 1 aliphatic rings. The van der Waals surface area contributed by atoms with E-state index in [9.17, 15) is 0 Å². The summed E-state index contributed by atoms with van der Waals surface area (Å²) in [6.45, 7) is 0. The Morgan fingerprint density at radius 3 is 1.07 bits per heavy atom. The summed E-state index contributed by atoms with van der Waals surface area (Å²) in [5.74, 6) is 1.40. The summed E-state index contributed by atoms with van der Waals surface area (Å²) < 4.78 is 0. The highest BCUT2D eigenvalue weighted by atomic mass is 32.2. The lowest BCUT2D eigenvalue weighted by Crippen LogP contribution is -1.87. The fourth-order valence-corrected chi connectivity index (χ4v) is 8.09. The maximum absolute atomic E-state index is 4.97. The number of H-pyrrole nitrogens is 2. The van der Waals surface area contributed by atoms with E-state index in [1.165, 1.54) is 0 Å². The van der Waals surface area contributed by atoms with E-state index < -0.39 is 0 Å². The van der Waals surface area contributed by atoms with E-state index in [4.69, 9.17) is 19.9 Å². The summed E-state index contributed by atoms with van der Waals surface area (Å²) in [6.07, 6.45) is 12.4. The largest absolute Gasteiger partial charge is 0.323 e. The maximum Gasteiger partial charge on any atom is 0.171 e. The molecule has 0 saturated heterocycles. The molecule has 158 valence electrons. The van der Waals surface area contributed by atoms with Crippen molar-refractivity contribution in [1.82, 2.24) is 29.9 Å². The smallest absolute Gasteiger partial charge is 0.171 e. The lowest BCUT2D eigenvalue weighted by molar-refractivity contribution is 1.11. The number of nitrogens with zero attached hydrogens (tertiary/aromatic N) is 4. The standard InChI is InChI=1S/C18H20N6S6/c1-25-7-8(26-2)14-19-13(7)22-15-9(27-3)10(28-4)17(20-15)24-18-12(30-6)11(29-5)16(21-18)23-14/h1-6H3,(H2,19,20,21,22,23,24). The summed E-state index contributed by atoms with van der Waals surface area (Å²) in [5.41, 5.74) is 3.20. The number of aromatic amines is 2. The van der Waals surface area contributed by atoms with Crippen LogP contribution in [-0.4, -0.2) is 67.4 Å². The number of nitrogens with one attached hydrogen (secondary N) is 2. The molecular formula is C18H20N6S6. The van der Waals surface area contributed by atoms with Crippen molar-refractivity contribution < 1.29 is 0 Å². The van der Waals surface area contributed by atoms with Crippen LogP contribution in [0, 0.1) is 0 Å². The van der Waals surface area contributed by atoms with Gasteiger partial charge in [0.1, 0.15) is 22.6 Å². The second-order valence-electron chi connectivity index (χ2n) is 5.94. The molecule has 1 aliphatic heterocycles. The van der Waals surface area contributed by atoms with Crippen LogP contribution < -0.4 is 0 Å². The molecule has 0 fully saturated rings. The van der Waals surface area contributed by atoms with Gasteiger partial charge < -0.3 is 9.97 Å². The van der Waals surface area contributed by atoms with Crippen LogP contribution >= 0.6 is 70.6 Å². The molecule has 6 bridgehead atoms. The molecule has 6 nitrogen and oxygen atoms in total. The Bertz CT molecular complexity index is 1140. The number of fused-ring (bicyclic) bond motifs is 6. The summed E-state index contributed by atoms with van der Waals surface area (Å²) in [7, 11) is 0. The Morgan fingerprint density at radius 2 is 0.767 bits per heavy atom. The fourth-order valence-electron chi connectivity index (χ4n) is 3.20. The Labute approximate surface area is 200 Å². The van der Waals surface area contributed by atoms with Crippen molar-refractivity contribution in [3.8, 4) is 0 Å². The second kappa shape index (κ2) is 9.45. The van der Waals surface area contributed by atoms with Gasteiger partial charge in [-0.1, -0.05) is 0 Å². The monoisotopic (exact) mass is 512 g/mol. The minimum Gasteiger partial charge on any atom is -0.323 e. The zero-order valence-corrected chi connectivity index (χ0v) is 22.1. The topological polar surface area (TPSA) is 83.1 Å². The molecule has 0 aromatic carbocycles.